The fourth-order valence-corrected chi connectivity index (χ4v) is 6.10. The summed E-state index contributed by atoms with van der Waals surface area (Å²) in [6, 6.07) is 12.6. The molecule has 2 amide bonds. The van der Waals surface area contributed by atoms with Crippen LogP contribution >= 0.6 is 0 Å². The molecule has 190 valence electrons. The Hall–Kier alpha value is -3.71. The zero-order valence-electron chi connectivity index (χ0n) is 21.1. The number of benzene rings is 2. The molecule has 4 aromatic rings. The van der Waals surface area contributed by atoms with Crippen LogP contribution in [0.3, 0.4) is 0 Å². The fraction of sp³-hybridized carbons (Fsp3) is 0.333. The second-order valence-electron chi connectivity index (χ2n) is 10.3. The molecule has 1 aliphatic heterocycles. The summed E-state index contributed by atoms with van der Waals surface area (Å²) < 4.78 is 23.4. The molecule has 2 aromatic carbocycles. The summed E-state index contributed by atoms with van der Waals surface area (Å²) in [5.74, 6) is -1.46. The van der Waals surface area contributed by atoms with E-state index in [9.17, 15) is 9.59 Å². The summed E-state index contributed by atoms with van der Waals surface area (Å²) in [6.45, 7) is 4.31. The van der Waals surface area contributed by atoms with Gasteiger partial charge < -0.3 is 8.98 Å². The molecule has 1 fully saturated rings. The lowest BCUT2D eigenvalue weighted by Gasteiger charge is -2.42. The SMILES string of the molecule is CCC(C)NC1(n2cc(C3=C(c4cccc5ccoc45)C(=O)NC3=O)c3c(F)cccc32)CCCCC1. The van der Waals surface area contributed by atoms with Gasteiger partial charge in [0.25, 0.3) is 11.8 Å². The van der Waals surface area contributed by atoms with Crippen molar-refractivity contribution in [3.8, 4) is 0 Å². The van der Waals surface area contributed by atoms with Crippen molar-refractivity contribution >= 4 is 44.8 Å². The molecule has 7 heteroatoms. The van der Waals surface area contributed by atoms with Gasteiger partial charge in [0, 0.05) is 34.1 Å². The highest BCUT2D eigenvalue weighted by Crippen LogP contribution is 2.43. The van der Waals surface area contributed by atoms with Crippen molar-refractivity contribution in [2.45, 2.75) is 64.1 Å². The van der Waals surface area contributed by atoms with Crippen LogP contribution in [0.25, 0.3) is 33.0 Å². The highest BCUT2D eigenvalue weighted by Gasteiger charge is 2.40. The predicted molar refractivity (Wildman–Crippen MR) is 142 cm³/mol. The number of hydrogen-bond acceptors (Lipinski definition) is 4. The van der Waals surface area contributed by atoms with E-state index < -0.39 is 23.3 Å². The summed E-state index contributed by atoms with van der Waals surface area (Å²) in [7, 11) is 0. The van der Waals surface area contributed by atoms with Crippen LogP contribution in [-0.4, -0.2) is 22.4 Å². The molecule has 2 aliphatic rings. The predicted octanol–water partition coefficient (Wildman–Crippen LogP) is 6.10. The maximum Gasteiger partial charge on any atom is 0.259 e. The molecule has 1 unspecified atom stereocenters. The molecule has 0 saturated heterocycles. The molecule has 2 N–H and O–H groups in total. The first-order valence-electron chi connectivity index (χ1n) is 13.1. The van der Waals surface area contributed by atoms with Crippen molar-refractivity contribution in [2.24, 2.45) is 0 Å². The molecule has 1 atom stereocenters. The Balaban J connectivity index is 1.65. The van der Waals surface area contributed by atoms with E-state index in [1.54, 1.807) is 18.4 Å². The maximum absolute atomic E-state index is 15.6. The number of carbonyl (C=O) groups is 2. The number of imide groups is 1. The van der Waals surface area contributed by atoms with E-state index in [1.807, 2.05) is 30.5 Å². The smallest absolute Gasteiger partial charge is 0.259 e. The van der Waals surface area contributed by atoms with Gasteiger partial charge >= 0.3 is 0 Å². The largest absolute Gasteiger partial charge is 0.464 e. The van der Waals surface area contributed by atoms with Gasteiger partial charge in [-0.3, -0.25) is 20.2 Å². The van der Waals surface area contributed by atoms with Crippen LogP contribution in [0.4, 0.5) is 4.39 Å². The Morgan fingerprint density at radius 3 is 2.51 bits per heavy atom. The number of nitrogens with one attached hydrogen (secondary N) is 2. The average Bonchev–Trinajstić information content (AvgIpc) is 3.60. The monoisotopic (exact) mass is 499 g/mol. The third-order valence-corrected chi connectivity index (χ3v) is 8.00. The molecule has 3 heterocycles. The van der Waals surface area contributed by atoms with Gasteiger partial charge in [-0.15, -0.1) is 0 Å². The molecule has 2 aromatic heterocycles. The number of fused-ring (bicyclic) bond motifs is 2. The molecular weight excluding hydrogens is 469 g/mol. The van der Waals surface area contributed by atoms with E-state index in [0.717, 1.165) is 43.9 Å². The first-order chi connectivity index (χ1) is 17.9. The summed E-state index contributed by atoms with van der Waals surface area (Å²) in [5.41, 5.74) is 2.15. The molecule has 37 heavy (non-hydrogen) atoms. The van der Waals surface area contributed by atoms with Crippen LogP contribution in [0, 0.1) is 5.82 Å². The third kappa shape index (κ3) is 3.72. The number of rotatable bonds is 6. The van der Waals surface area contributed by atoms with Crippen LogP contribution in [0.15, 0.2) is 59.3 Å². The highest BCUT2D eigenvalue weighted by molar-refractivity contribution is 6.50. The van der Waals surface area contributed by atoms with Crippen molar-refractivity contribution < 1.29 is 18.4 Å². The van der Waals surface area contributed by atoms with Crippen molar-refractivity contribution in [2.75, 3.05) is 0 Å². The van der Waals surface area contributed by atoms with E-state index in [0.29, 0.717) is 27.6 Å². The minimum Gasteiger partial charge on any atom is -0.464 e. The first-order valence-corrected chi connectivity index (χ1v) is 13.1. The van der Waals surface area contributed by atoms with Crippen molar-refractivity contribution in [3.63, 3.8) is 0 Å². The summed E-state index contributed by atoms with van der Waals surface area (Å²) in [6.07, 6.45) is 9.47. The second kappa shape index (κ2) is 8.99. The number of carbonyl (C=O) groups excluding carboxylic acids is 2. The van der Waals surface area contributed by atoms with Gasteiger partial charge in [-0.25, -0.2) is 4.39 Å². The topological polar surface area (TPSA) is 76.3 Å². The molecule has 0 bridgehead atoms. The maximum atomic E-state index is 15.6. The molecule has 0 spiro atoms. The average molecular weight is 500 g/mol. The van der Waals surface area contributed by atoms with Gasteiger partial charge in [-0.1, -0.05) is 37.6 Å². The number of hydrogen-bond donors (Lipinski definition) is 2. The van der Waals surface area contributed by atoms with Crippen LogP contribution < -0.4 is 10.6 Å². The Bertz CT molecular complexity index is 1570. The normalized spacial score (nSPS) is 18.7. The van der Waals surface area contributed by atoms with E-state index in [4.69, 9.17) is 4.42 Å². The lowest BCUT2D eigenvalue weighted by Crippen LogP contribution is -2.52. The van der Waals surface area contributed by atoms with Crippen LogP contribution in [-0.2, 0) is 15.3 Å². The lowest BCUT2D eigenvalue weighted by atomic mass is 9.87. The Morgan fingerprint density at radius 2 is 1.76 bits per heavy atom. The molecule has 6 nitrogen and oxygen atoms in total. The molecule has 6 rings (SSSR count). The number of para-hydroxylation sites is 1. The van der Waals surface area contributed by atoms with E-state index in [2.05, 4.69) is 29.0 Å². The van der Waals surface area contributed by atoms with Crippen LogP contribution in [0.5, 0.6) is 0 Å². The number of aromatic nitrogens is 1. The summed E-state index contributed by atoms with van der Waals surface area (Å²) >= 11 is 0. The Kier molecular flexibility index (Phi) is 5.75. The molecule has 1 saturated carbocycles. The van der Waals surface area contributed by atoms with Gasteiger partial charge in [-0.05, 0) is 57.2 Å². The lowest BCUT2D eigenvalue weighted by molar-refractivity contribution is -0.122. The summed E-state index contributed by atoms with van der Waals surface area (Å²) in [5, 5.41) is 7.47. The molecule has 1 aliphatic carbocycles. The standard InChI is InChI=1S/C30H30FN3O3/c1-3-18(2)33-30(14-5-4-6-15-30)34-17-21(24-22(31)11-8-12-23(24)34)26-25(28(35)32-29(26)36)20-10-7-9-19-13-16-37-27(19)20/h7-13,16-18,33H,3-6,14-15H2,1-2H3,(H,32,35,36). The van der Waals surface area contributed by atoms with Gasteiger partial charge in [0.05, 0.1) is 28.6 Å². The van der Waals surface area contributed by atoms with Crippen molar-refractivity contribution in [1.29, 1.82) is 0 Å². The zero-order valence-corrected chi connectivity index (χ0v) is 21.1. The second-order valence-corrected chi connectivity index (χ2v) is 10.3. The third-order valence-electron chi connectivity index (χ3n) is 8.00. The number of amides is 2. The Labute approximate surface area is 214 Å². The van der Waals surface area contributed by atoms with Gasteiger partial charge in [-0.2, -0.15) is 0 Å². The minimum atomic E-state index is -0.529. The minimum absolute atomic E-state index is 0.178. The van der Waals surface area contributed by atoms with E-state index in [1.165, 1.54) is 6.07 Å². The van der Waals surface area contributed by atoms with Crippen molar-refractivity contribution in [3.05, 3.63) is 71.9 Å². The van der Waals surface area contributed by atoms with E-state index in [-0.39, 0.29) is 17.2 Å². The first kappa shape index (κ1) is 23.7. The number of nitrogens with zero attached hydrogens (tertiary/aromatic N) is 1. The van der Waals surface area contributed by atoms with Crippen LogP contribution in [0.2, 0.25) is 0 Å². The fourth-order valence-electron chi connectivity index (χ4n) is 6.10. The molecular formula is C30H30FN3O3. The number of furan rings is 1. The van der Waals surface area contributed by atoms with Crippen LogP contribution in [0.1, 0.15) is 63.5 Å². The summed E-state index contributed by atoms with van der Waals surface area (Å²) in [4.78, 5) is 26.5. The van der Waals surface area contributed by atoms with Gasteiger partial charge in [0.15, 0.2) is 0 Å². The molecule has 0 radical (unpaired) electrons. The van der Waals surface area contributed by atoms with Crippen molar-refractivity contribution in [1.82, 2.24) is 15.2 Å². The van der Waals surface area contributed by atoms with E-state index >= 15 is 4.39 Å². The highest BCUT2D eigenvalue weighted by atomic mass is 19.1. The quantitative estimate of drug-likeness (QED) is 0.314. The van der Waals surface area contributed by atoms with Gasteiger partial charge in [0.2, 0.25) is 0 Å². The number of halogens is 1. The zero-order chi connectivity index (χ0) is 25.7. The van der Waals surface area contributed by atoms with Gasteiger partial charge in [0.1, 0.15) is 11.4 Å². The Morgan fingerprint density at radius 1 is 1.03 bits per heavy atom.